The fraction of sp³-hybridized carbons (Fsp3) is 0.214. The molecule has 0 aliphatic carbocycles. The van der Waals surface area contributed by atoms with E-state index >= 15 is 0 Å². The van der Waals surface area contributed by atoms with E-state index in [1.54, 1.807) is 0 Å². The third-order valence-corrected chi connectivity index (χ3v) is 6.22. The van der Waals surface area contributed by atoms with Gasteiger partial charge >= 0.3 is 13.8 Å². The number of carbonyl (C=O) groups is 3. The van der Waals surface area contributed by atoms with Crippen LogP contribution in [0.2, 0.25) is 0 Å². The molecule has 1 fully saturated rings. The number of carboxylic acids is 1. The molecule has 6 N–H and O–H groups in total. The molecule has 30 heavy (non-hydrogen) atoms. The second-order valence-corrected chi connectivity index (χ2v) is 8.97. The summed E-state index contributed by atoms with van der Waals surface area (Å²) in [5, 5.41) is 15.6. The van der Waals surface area contributed by atoms with Crippen molar-refractivity contribution >= 4 is 59.5 Å². The highest BCUT2D eigenvalue weighted by Crippen LogP contribution is 2.40. The number of phosphoric acid groups is 1. The van der Waals surface area contributed by atoms with Crippen molar-refractivity contribution in [1.29, 1.82) is 0 Å². The number of nitrogens with zero attached hydrogens (tertiary/aromatic N) is 3. The Labute approximate surface area is 176 Å². The third-order valence-electron chi connectivity index (χ3n) is 3.95. The number of rotatable bonds is 7. The molecular formula is C14H14N5O8PS2. The smallest absolute Gasteiger partial charge is 0.477 e. The van der Waals surface area contributed by atoms with E-state index in [1.165, 1.54) is 23.2 Å². The number of anilines is 1. The van der Waals surface area contributed by atoms with Crippen molar-refractivity contribution in [2.75, 3.05) is 11.5 Å². The Kier molecular flexibility index (Phi) is 6.01. The molecule has 0 radical (unpaired) electrons. The minimum absolute atomic E-state index is 0.0589. The van der Waals surface area contributed by atoms with Crippen molar-refractivity contribution in [1.82, 2.24) is 15.2 Å². The van der Waals surface area contributed by atoms with Gasteiger partial charge in [-0.1, -0.05) is 17.8 Å². The highest BCUT2D eigenvalue weighted by molar-refractivity contribution is 8.00. The molecule has 160 valence electrons. The van der Waals surface area contributed by atoms with Crippen LogP contribution in [-0.2, 0) is 23.6 Å². The molecule has 1 aromatic rings. The molecule has 2 amide bonds. The van der Waals surface area contributed by atoms with E-state index in [9.17, 15) is 24.1 Å². The summed E-state index contributed by atoms with van der Waals surface area (Å²) in [4.78, 5) is 59.3. The van der Waals surface area contributed by atoms with Crippen molar-refractivity contribution in [3.05, 3.63) is 35.0 Å². The molecule has 0 spiro atoms. The molecule has 2 aliphatic heterocycles. The molecular weight excluding hydrogens is 461 g/mol. The number of nitrogen functional groups attached to an aromatic ring is 1. The molecule has 1 aromatic heterocycles. The number of allylic oxidation sites excluding steroid dienone is 1. The number of β-lactam (4-membered cyclic amide) rings is 1. The third kappa shape index (κ3) is 4.24. The van der Waals surface area contributed by atoms with E-state index < -0.39 is 42.7 Å². The quantitative estimate of drug-likeness (QED) is 0.147. The highest BCUT2D eigenvalue weighted by Gasteiger charge is 2.54. The van der Waals surface area contributed by atoms with Gasteiger partial charge in [0.1, 0.15) is 22.8 Å². The minimum atomic E-state index is -5.05. The first kappa shape index (κ1) is 22.0. The summed E-state index contributed by atoms with van der Waals surface area (Å²) in [6.07, 6.45) is 1.35. The zero-order chi connectivity index (χ0) is 22.2. The summed E-state index contributed by atoms with van der Waals surface area (Å²) in [6, 6.07) is -1.10. The second-order valence-electron chi connectivity index (χ2n) is 5.83. The maximum Gasteiger partial charge on any atom is 0.545 e. The summed E-state index contributed by atoms with van der Waals surface area (Å²) >= 11 is 2.16. The number of hydrogen-bond donors (Lipinski definition) is 5. The fourth-order valence-electron chi connectivity index (χ4n) is 2.70. The SMILES string of the molecule is C=CC1=C(C(=O)O)N2C(=O)C(NC(=O)C(=NOP(=O)(O)O)c3csc(N)n3)[C@@H]2SC1. The molecule has 1 saturated heterocycles. The van der Waals surface area contributed by atoms with Gasteiger partial charge in [0.05, 0.1) is 0 Å². The largest absolute Gasteiger partial charge is 0.545 e. The minimum Gasteiger partial charge on any atom is -0.477 e. The van der Waals surface area contributed by atoms with E-state index in [0.29, 0.717) is 5.57 Å². The number of hydrogen-bond acceptors (Lipinski definition) is 10. The summed E-state index contributed by atoms with van der Waals surface area (Å²) in [6.45, 7) is 3.54. The first-order chi connectivity index (χ1) is 14.0. The average Bonchev–Trinajstić information content (AvgIpc) is 3.09. The van der Waals surface area contributed by atoms with E-state index in [1.807, 2.05) is 0 Å². The van der Waals surface area contributed by atoms with E-state index in [-0.39, 0.29) is 22.3 Å². The van der Waals surface area contributed by atoms with Crippen LogP contribution >= 0.6 is 30.9 Å². The first-order valence-corrected chi connectivity index (χ1v) is 11.4. The average molecular weight is 475 g/mol. The lowest BCUT2D eigenvalue weighted by Crippen LogP contribution is -2.71. The van der Waals surface area contributed by atoms with Gasteiger partial charge in [-0.25, -0.2) is 14.3 Å². The van der Waals surface area contributed by atoms with Gasteiger partial charge < -0.3 is 16.2 Å². The molecule has 2 aliphatic rings. The number of thioether (sulfide) groups is 1. The maximum absolute atomic E-state index is 12.7. The van der Waals surface area contributed by atoms with Crippen LogP contribution in [0.15, 0.2) is 34.5 Å². The van der Waals surface area contributed by atoms with Gasteiger partial charge in [0.2, 0.25) is 0 Å². The lowest BCUT2D eigenvalue weighted by molar-refractivity contribution is -0.150. The summed E-state index contributed by atoms with van der Waals surface area (Å²) in [7, 11) is -5.05. The van der Waals surface area contributed by atoms with Crippen LogP contribution in [0.1, 0.15) is 5.69 Å². The van der Waals surface area contributed by atoms with Crippen LogP contribution < -0.4 is 11.1 Å². The van der Waals surface area contributed by atoms with Crippen LogP contribution in [0.25, 0.3) is 0 Å². The van der Waals surface area contributed by atoms with Crippen LogP contribution in [0.4, 0.5) is 5.13 Å². The first-order valence-electron chi connectivity index (χ1n) is 7.91. The number of fused-ring (bicyclic) bond motifs is 1. The van der Waals surface area contributed by atoms with Crippen molar-refractivity contribution in [3.8, 4) is 0 Å². The zero-order valence-corrected chi connectivity index (χ0v) is 17.3. The number of carboxylic acid groups (broad SMARTS) is 1. The Morgan fingerprint density at radius 2 is 2.20 bits per heavy atom. The number of nitrogens with two attached hydrogens (primary N) is 1. The van der Waals surface area contributed by atoms with Crippen LogP contribution in [0.5, 0.6) is 0 Å². The molecule has 2 atom stereocenters. The van der Waals surface area contributed by atoms with Gasteiger partial charge in [0.25, 0.3) is 11.8 Å². The van der Waals surface area contributed by atoms with Gasteiger partial charge in [-0.05, 0) is 5.57 Å². The standard InChI is InChI=1S/C14H14N5O8PS2/c1-2-5-3-29-12-8(11(21)19(12)9(5)13(22)23)17-10(20)7(18-27-28(24,25)26)6-4-30-14(15)16-6/h2,4,8,12H,1,3H2,(H2,15,16)(H,17,20)(H,22,23)(H2,24,25,26)/t8?,12-/m0/s1. The molecule has 3 heterocycles. The van der Waals surface area contributed by atoms with Gasteiger partial charge in [-0.3, -0.25) is 28.9 Å². The number of nitrogens with one attached hydrogen (secondary N) is 1. The van der Waals surface area contributed by atoms with Crippen LogP contribution in [-0.4, -0.2) is 65.4 Å². The molecule has 1 unspecified atom stereocenters. The Bertz CT molecular complexity index is 1050. The number of aliphatic carboxylic acids is 1. The fourth-order valence-corrected chi connectivity index (χ4v) is 4.78. The molecule has 0 aromatic carbocycles. The number of oxime groups is 1. The second kappa shape index (κ2) is 8.20. The maximum atomic E-state index is 12.7. The number of amides is 2. The normalized spacial score (nSPS) is 21.6. The summed E-state index contributed by atoms with van der Waals surface area (Å²) < 4.78 is 15.0. The molecule has 13 nitrogen and oxygen atoms in total. The Balaban J connectivity index is 1.83. The van der Waals surface area contributed by atoms with Crippen molar-refractivity contribution in [2.24, 2.45) is 5.16 Å². The predicted octanol–water partition coefficient (Wildman–Crippen LogP) is -0.537. The van der Waals surface area contributed by atoms with Gasteiger partial charge in [-0.2, -0.15) is 0 Å². The summed E-state index contributed by atoms with van der Waals surface area (Å²) in [5.74, 6) is -2.73. The highest BCUT2D eigenvalue weighted by atomic mass is 32.2. The summed E-state index contributed by atoms with van der Waals surface area (Å²) in [5.41, 5.74) is 4.94. The molecule has 0 saturated carbocycles. The lowest BCUT2D eigenvalue weighted by atomic mass is 10.0. The Hall–Kier alpha value is -2.71. The predicted molar refractivity (Wildman–Crippen MR) is 106 cm³/mol. The van der Waals surface area contributed by atoms with Crippen molar-refractivity contribution < 1.29 is 38.5 Å². The van der Waals surface area contributed by atoms with E-state index in [0.717, 1.165) is 16.2 Å². The van der Waals surface area contributed by atoms with E-state index in [4.69, 9.17) is 15.5 Å². The Morgan fingerprint density at radius 1 is 1.50 bits per heavy atom. The van der Waals surface area contributed by atoms with Crippen LogP contribution in [0.3, 0.4) is 0 Å². The Morgan fingerprint density at radius 3 is 2.73 bits per heavy atom. The lowest BCUT2D eigenvalue weighted by Gasteiger charge is -2.49. The molecule has 16 heteroatoms. The zero-order valence-electron chi connectivity index (χ0n) is 14.8. The number of carbonyl (C=O) groups excluding carboxylic acids is 2. The van der Waals surface area contributed by atoms with Gasteiger partial charge in [0, 0.05) is 11.1 Å². The number of thiazole rings is 1. The molecule has 3 rings (SSSR count). The molecule has 0 bridgehead atoms. The topological polar surface area (TPSA) is 205 Å². The van der Waals surface area contributed by atoms with E-state index in [2.05, 4.69) is 26.7 Å². The van der Waals surface area contributed by atoms with Crippen molar-refractivity contribution in [3.63, 3.8) is 0 Å². The van der Waals surface area contributed by atoms with Crippen LogP contribution in [0, 0.1) is 0 Å². The van der Waals surface area contributed by atoms with Gasteiger partial charge in [0.15, 0.2) is 10.8 Å². The number of aromatic nitrogens is 1. The van der Waals surface area contributed by atoms with Crippen molar-refractivity contribution in [2.45, 2.75) is 11.4 Å². The monoisotopic (exact) mass is 475 g/mol. The van der Waals surface area contributed by atoms with Gasteiger partial charge in [-0.15, -0.1) is 23.1 Å².